The lowest BCUT2D eigenvalue weighted by Crippen LogP contribution is -2.25. The van der Waals surface area contributed by atoms with Gasteiger partial charge < -0.3 is 4.65 Å². The van der Waals surface area contributed by atoms with Crippen LogP contribution in [0.3, 0.4) is 0 Å². The fourth-order valence-electron chi connectivity index (χ4n) is 1.32. The van der Waals surface area contributed by atoms with Crippen LogP contribution in [0.1, 0.15) is 27.2 Å². The molecule has 0 saturated carbocycles. The van der Waals surface area contributed by atoms with Gasteiger partial charge in [-0.25, -0.2) is 0 Å². The first-order valence-corrected chi connectivity index (χ1v) is 5.40. The second kappa shape index (κ2) is 6.84. The molecule has 0 aromatic heterocycles. The van der Waals surface area contributed by atoms with Crippen LogP contribution < -0.4 is 0 Å². The topological polar surface area (TPSA) is 9.23 Å². The maximum Gasteiger partial charge on any atom is 0.295 e. The van der Waals surface area contributed by atoms with E-state index < -0.39 is 0 Å². The van der Waals surface area contributed by atoms with Crippen LogP contribution in [0, 0.1) is 5.92 Å². The molecule has 0 aromatic rings. The Hall–Kier alpha value is 0.375. The lowest BCUT2D eigenvalue weighted by Gasteiger charge is -2.21. The van der Waals surface area contributed by atoms with Gasteiger partial charge >= 0.3 is 0 Å². The highest BCUT2D eigenvalue weighted by molar-refractivity contribution is 7.80. The first kappa shape index (κ1) is 12.4. The smallest absolute Gasteiger partial charge is 0.295 e. The summed E-state index contributed by atoms with van der Waals surface area (Å²) in [6, 6.07) is 0. The van der Waals surface area contributed by atoms with Crippen LogP contribution in [0.15, 0.2) is 0 Å². The van der Waals surface area contributed by atoms with E-state index in [0.29, 0.717) is 18.7 Å². The van der Waals surface area contributed by atoms with Crippen molar-refractivity contribution in [3.63, 3.8) is 0 Å². The Balaban J connectivity index is 3.79. The molecule has 0 aliphatic carbocycles. The highest BCUT2D eigenvalue weighted by Crippen LogP contribution is 2.23. The van der Waals surface area contributed by atoms with E-state index in [-0.39, 0.29) is 0 Å². The van der Waals surface area contributed by atoms with Gasteiger partial charge in [-0.15, -0.1) is 0 Å². The van der Waals surface area contributed by atoms with Crippen LogP contribution in [-0.2, 0) is 4.65 Å². The summed E-state index contributed by atoms with van der Waals surface area (Å²) in [6.07, 6.45) is 2.29. The molecule has 72 valence electrons. The molecular formula is C9H21BOS. The fourth-order valence-corrected chi connectivity index (χ4v) is 1.50. The summed E-state index contributed by atoms with van der Waals surface area (Å²) in [7, 11) is 1.81. The zero-order valence-electron chi connectivity index (χ0n) is 8.71. The van der Waals surface area contributed by atoms with Crippen molar-refractivity contribution in [2.24, 2.45) is 5.92 Å². The highest BCUT2D eigenvalue weighted by Gasteiger charge is 2.24. The normalized spacial score (nSPS) is 13.5. The van der Waals surface area contributed by atoms with E-state index in [4.69, 9.17) is 4.65 Å². The molecule has 0 fully saturated rings. The van der Waals surface area contributed by atoms with Crippen LogP contribution in [-0.4, -0.2) is 19.8 Å². The first-order chi connectivity index (χ1) is 5.63. The molecule has 0 heterocycles. The molecule has 0 N–H and O–H groups in total. The van der Waals surface area contributed by atoms with E-state index in [0.717, 1.165) is 18.5 Å². The van der Waals surface area contributed by atoms with E-state index in [1.54, 1.807) is 0 Å². The van der Waals surface area contributed by atoms with Gasteiger partial charge in [0.25, 0.3) is 6.92 Å². The molecule has 0 spiro atoms. The van der Waals surface area contributed by atoms with Gasteiger partial charge in [0, 0.05) is 7.11 Å². The van der Waals surface area contributed by atoms with Crippen LogP contribution in [0.25, 0.3) is 0 Å². The van der Waals surface area contributed by atoms with Gasteiger partial charge in [-0.3, -0.25) is 0 Å². The molecule has 0 radical (unpaired) electrons. The minimum Gasteiger partial charge on any atom is -0.438 e. The zero-order valence-corrected chi connectivity index (χ0v) is 9.60. The second-order valence-corrected chi connectivity index (χ2v) is 4.19. The lowest BCUT2D eigenvalue weighted by atomic mass is 9.50. The molecule has 12 heavy (non-hydrogen) atoms. The summed E-state index contributed by atoms with van der Waals surface area (Å²) in [5.74, 6) is 2.31. The van der Waals surface area contributed by atoms with Crippen LogP contribution >= 0.6 is 12.6 Å². The van der Waals surface area contributed by atoms with Crippen molar-refractivity contribution < 1.29 is 4.65 Å². The van der Waals surface area contributed by atoms with Gasteiger partial charge in [0.2, 0.25) is 0 Å². The summed E-state index contributed by atoms with van der Waals surface area (Å²) >= 11 is 4.20. The average molecular weight is 188 g/mol. The summed E-state index contributed by atoms with van der Waals surface area (Å²) in [5, 5.41) is 0. The Morgan fingerprint density at radius 2 is 1.92 bits per heavy atom. The van der Waals surface area contributed by atoms with Crippen molar-refractivity contribution in [1.29, 1.82) is 0 Å². The highest BCUT2D eigenvalue weighted by atomic mass is 32.1. The second-order valence-electron chi connectivity index (χ2n) is 3.74. The summed E-state index contributed by atoms with van der Waals surface area (Å²) in [6.45, 7) is 7.17. The lowest BCUT2D eigenvalue weighted by molar-refractivity contribution is 0.391. The van der Waals surface area contributed by atoms with Crippen LogP contribution in [0.4, 0.5) is 0 Å². The Morgan fingerprint density at radius 3 is 2.25 bits per heavy atom. The third kappa shape index (κ3) is 4.41. The molecule has 3 heteroatoms. The summed E-state index contributed by atoms with van der Waals surface area (Å²) in [5.41, 5.74) is 0. The number of hydrogen-bond acceptors (Lipinski definition) is 2. The quantitative estimate of drug-likeness (QED) is 0.498. The third-order valence-corrected chi connectivity index (χ3v) is 2.90. The van der Waals surface area contributed by atoms with Gasteiger partial charge in [-0.2, -0.15) is 12.6 Å². The van der Waals surface area contributed by atoms with E-state index >= 15 is 0 Å². The van der Waals surface area contributed by atoms with Gasteiger partial charge in [-0.05, 0) is 30.2 Å². The Bertz CT molecular complexity index is 109. The minimum absolute atomic E-state index is 0.414. The van der Waals surface area contributed by atoms with E-state index in [2.05, 4.69) is 33.4 Å². The predicted molar refractivity (Wildman–Crippen MR) is 60.3 cm³/mol. The molecule has 0 amide bonds. The van der Waals surface area contributed by atoms with E-state index in [1.165, 1.54) is 0 Å². The molecule has 1 nitrogen and oxygen atoms in total. The van der Waals surface area contributed by atoms with E-state index in [9.17, 15) is 0 Å². The number of rotatable bonds is 6. The molecular weight excluding hydrogens is 167 g/mol. The fraction of sp³-hybridized carbons (Fsp3) is 1.00. The molecule has 0 bridgehead atoms. The zero-order chi connectivity index (χ0) is 9.56. The predicted octanol–water partition coefficient (Wildman–Crippen LogP) is 2.99. The van der Waals surface area contributed by atoms with Gasteiger partial charge in [0.05, 0.1) is 0 Å². The molecule has 1 atom stereocenters. The van der Waals surface area contributed by atoms with Crippen molar-refractivity contribution in [3.8, 4) is 0 Å². The van der Waals surface area contributed by atoms with Crippen molar-refractivity contribution in [1.82, 2.24) is 0 Å². The standard InChI is InChI=1S/C9H21BOS/c1-8(2)9(3)10(11-4)6-5-7-12/h8-9,12H,5-7H2,1-4H3. The first-order valence-electron chi connectivity index (χ1n) is 4.77. The van der Waals surface area contributed by atoms with Crippen LogP contribution in [0.5, 0.6) is 0 Å². The van der Waals surface area contributed by atoms with Crippen molar-refractivity contribution in [2.75, 3.05) is 12.9 Å². The van der Waals surface area contributed by atoms with Crippen molar-refractivity contribution in [2.45, 2.75) is 39.3 Å². The van der Waals surface area contributed by atoms with Gasteiger partial charge in [0.15, 0.2) is 0 Å². The molecule has 0 saturated heterocycles. The SMILES string of the molecule is COB(CCCS)C(C)C(C)C. The molecule has 0 rings (SSSR count). The maximum absolute atomic E-state index is 5.44. The molecule has 1 unspecified atom stereocenters. The largest absolute Gasteiger partial charge is 0.438 e. The van der Waals surface area contributed by atoms with Gasteiger partial charge in [-0.1, -0.05) is 20.8 Å². The minimum atomic E-state index is 0.414. The summed E-state index contributed by atoms with van der Waals surface area (Å²) in [4.78, 5) is 0. The third-order valence-electron chi connectivity index (χ3n) is 2.59. The Kier molecular flexibility index (Phi) is 7.06. The number of hydrogen-bond donors (Lipinski definition) is 1. The monoisotopic (exact) mass is 188 g/mol. The van der Waals surface area contributed by atoms with Crippen LogP contribution in [0.2, 0.25) is 12.1 Å². The Labute approximate surface area is 82.8 Å². The van der Waals surface area contributed by atoms with Gasteiger partial charge in [0.1, 0.15) is 0 Å². The maximum atomic E-state index is 5.44. The average Bonchev–Trinajstić information content (AvgIpc) is 2.05. The number of thiol groups is 1. The molecule has 0 aliphatic heterocycles. The molecule has 0 aromatic carbocycles. The molecule has 0 aliphatic rings. The van der Waals surface area contributed by atoms with Crippen molar-refractivity contribution in [3.05, 3.63) is 0 Å². The summed E-state index contributed by atoms with van der Waals surface area (Å²) < 4.78 is 5.44. The van der Waals surface area contributed by atoms with Crippen molar-refractivity contribution >= 4 is 19.5 Å². The van der Waals surface area contributed by atoms with E-state index in [1.807, 2.05) is 7.11 Å². The Morgan fingerprint density at radius 1 is 1.33 bits per heavy atom.